The molecule has 0 aliphatic carbocycles. The van der Waals surface area contributed by atoms with Crippen LogP contribution in [0.4, 0.5) is 14.6 Å². The number of carbonyl (C=O) groups is 1. The minimum atomic E-state index is -0.932. The van der Waals surface area contributed by atoms with E-state index in [0.29, 0.717) is 60.0 Å². The number of halogens is 2. The van der Waals surface area contributed by atoms with Crippen molar-refractivity contribution in [2.24, 2.45) is 0 Å². The summed E-state index contributed by atoms with van der Waals surface area (Å²) in [5.74, 6) is -0.313. The maximum absolute atomic E-state index is 14.7. The van der Waals surface area contributed by atoms with E-state index in [9.17, 15) is 13.6 Å². The predicted octanol–water partition coefficient (Wildman–Crippen LogP) is 4.31. The highest BCUT2D eigenvalue weighted by molar-refractivity contribution is 5.98. The summed E-state index contributed by atoms with van der Waals surface area (Å²) in [6.45, 7) is 3.80. The normalized spacial score (nSPS) is 13.8. The standard InChI is InChI=1S/C26H23F2N5O2/c1-16(34)32-9-11-33(12-10-32)26-20-13-18(19-6-3-7-21(27)23(19)28)14-22(35-2)24(20)30-25(31-26)17-5-4-8-29-15-17/h3-8,13-15H,9-12H2,1-2H3. The van der Waals surface area contributed by atoms with Gasteiger partial charge in [-0.3, -0.25) is 9.78 Å². The molecule has 0 spiro atoms. The van der Waals surface area contributed by atoms with Crippen molar-refractivity contribution in [1.82, 2.24) is 19.9 Å². The first-order chi connectivity index (χ1) is 17.0. The van der Waals surface area contributed by atoms with Crippen LogP contribution in [0.5, 0.6) is 5.75 Å². The minimum Gasteiger partial charge on any atom is -0.494 e. The number of amides is 1. The van der Waals surface area contributed by atoms with Crippen molar-refractivity contribution >= 4 is 22.6 Å². The lowest BCUT2D eigenvalue weighted by Gasteiger charge is -2.35. The molecule has 0 atom stereocenters. The zero-order chi connectivity index (χ0) is 24.5. The summed E-state index contributed by atoms with van der Waals surface area (Å²) in [6, 6.07) is 11.2. The van der Waals surface area contributed by atoms with Crippen LogP contribution in [0.2, 0.25) is 0 Å². The monoisotopic (exact) mass is 475 g/mol. The number of nitrogens with zero attached hydrogens (tertiary/aromatic N) is 5. The van der Waals surface area contributed by atoms with Crippen molar-refractivity contribution in [3.63, 3.8) is 0 Å². The number of benzene rings is 2. The van der Waals surface area contributed by atoms with Crippen LogP contribution in [-0.4, -0.2) is 59.0 Å². The lowest BCUT2D eigenvalue weighted by atomic mass is 10.0. The van der Waals surface area contributed by atoms with Crippen molar-refractivity contribution in [3.05, 3.63) is 66.5 Å². The number of aromatic nitrogens is 3. The average Bonchev–Trinajstić information content (AvgIpc) is 2.89. The molecule has 3 heterocycles. The van der Waals surface area contributed by atoms with E-state index in [2.05, 4.69) is 9.88 Å². The Bertz CT molecular complexity index is 1410. The molecule has 1 fully saturated rings. The summed E-state index contributed by atoms with van der Waals surface area (Å²) in [6.07, 6.45) is 3.36. The van der Waals surface area contributed by atoms with E-state index in [0.717, 1.165) is 11.6 Å². The van der Waals surface area contributed by atoms with Gasteiger partial charge in [-0.2, -0.15) is 0 Å². The number of rotatable bonds is 4. The Labute approximate surface area is 201 Å². The number of piperazine rings is 1. The van der Waals surface area contributed by atoms with Gasteiger partial charge in [-0.15, -0.1) is 0 Å². The van der Waals surface area contributed by atoms with E-state index in [-0.39, 0.29) is 11.5 Å². The molecule has 0 bridgehead atoms. The largest absolute Gasteiger partial charge is 0.494 e. The lowest BCUT2D eigenvalue weighted by molar-refractivity contribution is -0.129. The number of ether oxygens (including phenoxy) is 1. The van der Waals surface area contributed by atoms with Gasteiger partial charge in [0.15, 0.2) is 17.5 Å². The quantitative estimate of drug-likeness (QED) is 0.438. The van der Waals surface area contributed by atoms with Crippen LogP contribution in [0.3, 0.4) is 0 Å². The maximum atomic E-state index is 14.7. The van der Waals surface area contributed by atoms with Crippen LogP contribution in [0.25, 0.3) is 33.4 Å². The SMILES string of the molecule is COc1cc(-c2cccc(F)c2F)cc2c(N3CCN(C(C)=O)CC3)nc(-c3cccnc3)nc12. The van der Waals surface area contributed by atoms with Crippen LogP contribution in [0, 0.1) is 11.6 Å². The molecule has 1 aliphatic rings. The van der Waals surface area contributed by atoms with Gasteiger partial charge in [0.2, 0.25) is 5.91 Å². The second-order valence-corrected chi connectivity index (χ2v) is 8.28. The van der Waals surface area contributed by atoms with Crippen LogP contribution in [-0.2, 0) is 4.79 Å². The summed E-state index contributed by atoms with van der Waals surface area (Å²) in [5, 5.41) is 0.645. The highest BCUT2D eigenvalue weighted by Gasteiger charge is 2.24. The van der Waals surface area contributed by atoms with Crippen molar-refractivity contribution in [2.75, 3.05) is 38.2 Å². The van der Waals surface area contributed by atoms with Crippen molar-refractivity contribution in [1.29, 1.82) is 0 Å². The van der Waals surface area contributed by atoms with Gasteiger partial charge in [0, 0.05) is 62.0 Å². The molecule has 2 aromatic heterocycles. The molecule has 0 radical (unpaired) electrons. The molecule has 0 unspecified atom stereocenters. The fourth-order valence-corrected chi connectivity index (χ4v) is 4.32. The number of methoxy groups -OCH3 is 1. The predicted molar refractivity (Wildman–Crippen MR) is 129 cm³/mol. The highest BCUT2D eigenvalue weighted by Crippen LogP contribution is 2.38. The molecule has 4 aromatic rings. The zero-order valence-electron chi connectivity index (χ0n) is 19.3. The second kappa shape index (κ2) is 9.25. The van der Waals surface area contributed by atoms with Crippen molar-refractivity contribution < 1.29 is 18.3 Å². The first-order valence-electron chi connectivity index (χ1n) is 11.2. The zero-order valence-corrected chi connectivity index (χ0v) is 19.3. The Kier molecular flexibility index (Phi) is 5.98. The third-order valence-corrected chi connectivity index (χ3v) is 6.17. The van der Waals surface area contributed by atoms with Gasteiger partial charge in [0.25, 0.3) is 0 Å². The highest BCUT2D eigenvalue weighted by atomic mass is 19.2. The van der Waals surface area contributed by atoms with E-state index in [1.807, 2.05) is 6.07 Å². The smallest absolute Gasteiger partial charge is 0.219 e. The van der Waals surface area contributed by atoms with Crippen LogP contribution < -0.4 is 9.64 Å². The molecule has 5 rings (SSSR count). The molecular formula is C26H23F2N5O2. The Hall–Kier alpha value is -4.14. The molecule has 2 aromatic carbocycles. The van der Waals surface area contributed by atoms with E-state index in [1.54, 1.807) is 42.4 Å². The molecule has 1 amide bonds. The number of fused-ring (bicyclic) bond motifs is 1. The topological polar surface area (TPSA) is 71.5 Å². The maximum Gasteiger partial charge on any atom is 0.219 e. The molecule has 1 saturated heterocycles. The van der Waals surface area contributed by atoms with Crippen LogP contribution in [0.1, 0.15) is 6.92 Å². The number of hydrogen-bond acceptors (Lipinski definition) is 6. The Morgan fingerprint density at radius 2 is 1.80 bits per heavy atom. The first kappa shape index (κ1) is 22.6. The fourth-order valence-electron chi connectivity index (χ4n) is 4.32. The molecular weight excluding hydrogens is 452 g/mol. The van der Waals surface area contributed by atoms with Gasteiger partial charge in [-0.05, 0) is 35.9 Å². The number of pyridine rings is 1. The molecule has 0 N–H and O–H groups in total. The Balaban J connectivity index is 1.72. The summed E-state index contributed by atoms with van der Waals surface area (Å²) >= 11 is 0. The van der Waals surface area contributed by atoms with Gasteiger partial charge < -0.3 is 14.5 Å². The number of carbonyl (C=O) groups excluding carboxylic acids is 1. The molecule has 1 aliphatic heterocycles. The van der Waals surface area contributed by atoms with Crippen molar-refractivity contribution in [3.8, 4) is 28.3 Å². The third-order valence-electron chi connectivity index (χ3n) is 6.17. The van der Waals surface area contributed by atoms with E-state index in [1.165, 1.54) is 19.2 Å². The Morgan fingerprint density at radius 1 is 1.00 bits per heavy atom. The third kappa shape index (κ3) is 4.25. The minimum absolute atomic E-state index is 0.0266. The van der Waals surface area contributed by atoms with Gasteiger partial charge in [0.05, 0.1) is 7.11 Å². The number of anilines is 1. The fraction of sp³-hybridized carbons (Fsp3) is 0.231. The first-order valence-corrected chi connectivity index (χ1v) is 11.2. The van der Waals surface area contributed by atoms with Gasteiger partial charge >= 0.3 is 0 Å². The lowest BCUT2D eigenvalue weighted by Crippen LogP contribution is -2.48. The average molecular weight is 475 g/mol. The molecule has 0 saturated carbocycles. The summed E-state index contributed by atoms with van der Waals surface area (Å²) in [7, 11) is 1.51. The van der Waals surface area contributed by atoms with E-state index in [4.69, 9.17) is 14.7 Å². The molecule has 35 heavy (non-hydrogen) atoms. The van der Waals surface area contributed by atoms with E-state index >= 15 is 0 Å². The van der Waals surface area contributed by atoms with Crippen molar-refractivity contribution in [2.45, 2.75) is 6.92 Å². The van der Waals surface area contributed by atoms with Gasteiger partial charge in [-0.1, -0.05) is 12.1 Å². The molecule has 7 nitrogen and oxygen atoms in total. The second-order valence-electron chi connectivity index (χ2n) is 8.28. The van der Waals surface area contributed by atoms with E-state index < -0.39 is 11.6 Å². The number of hydrogen-bond donors (Lipinski definition) is 0. The van der Waals surface area contributed by atoms with Crippen LogP contribution in [0.15, 0.2) is 54.9 Å². The van der Waals surface area contributed by atoms with Crippen LogP contribution >= 0.6 is 0 Å². The van der Waals surface area contributed by atoms with Gasteiger partial charge in [-0.25, -0.2) is 18.7 Å². The molecule has 178 valence electrons. The Morgan fingerprint density at radius 3 is 2.49 bits per heavy atom. The van der Waals surface area contributed by atoms with Gasteiger partial charge in [0.1, 0.15) is 17.1 Å². The summed E-state index contributed by atoms with van der Waals surface area (Å²) in [4.78, 5) is 29.5. The summed E-state index contributed by atoms with van der Waals surface area (Å²) < 4.78 is 34.3. The molecule has 9 heteroatoms. The summed E-state index contributed by atoms with van der Waals surface area (Å²) in [5.41, 5.74) is 1.85.